The number of amides is 1. The zero-order chi connectivity index (χ0) is 40.8. The highest BCUT2D eigenvalue weighted by atomic mass is 31.2. The molecule has 1 N–H and O–H groups in total. The fourth-order valence-corrected chi connectivity index (χ4v) is 7.10. The Morgan fingerprint density at radius 2 is 1.07 bits per heavy atom. The van der Waals surface area contributed by atoms with Crippen LogP contribution in [-0.4, -0.2) is 74.7 Å². The lowest BCUT2D eigenvalue weighted by atomic mass is 9.92. The third kappa shape index (κ3) is 14.5. The molecule has 0 aliphatic carbocycles. The van der Waals surface area contributed by atoms with Gasteiger partial charge in [0.05, 0.1) is 55.6 Å². The Hall–Kier alpha value is -3.94. The Labute approximate surface area is 330 Å². The van der Waals surface area contributed by atoms with E-state index in [0.29, 0.717) is 0 Å². The van der Waals surface area contributed by atoms with Gasteiger partial charge in [-0.1, -0.05) is 91.0 Å². The number of hydrogen-bond acceptors (Lipinski definition) is 12. The van der Waals surface area contributed by atoms with E-state index in [0.717, 1.165) is 16.7 Å². The maximum Gasteiger partial charge on any atom is 0.339 e. The van der Waals surface area contributed by atoms with Gasteiger partial charge in [0.15, 0.2) is 0 Å². The molecule has 0 bridgehead atoms. The molecule has 14 heteroatoms. The lowest BCUT2D eigenvalue weighted by molar-refractivity contribution is -0.229. The van der Waals surface area contributed by atoms with Crippen molar-refractivity contribution in [1.29, 1.82) is 0 Å². The molecule has 1 aliphatic heterocycles. The molecule has 3 aromatic carbocycles. The maximum absolute atomic E-state index is 14.6. The van der Waals surface area contributed by atoms with Gasteiger partial charge < -0.3 is 33.7 Å². The van der Waals surface area contributed by atoms with Crippen LogP contribution in [0.15, 0.2) is 91.0 Å². The number of rotatable bonds is 19. The molecule has 0 radical (unpaired) electrons. The topological polar surface area (TPSA) is 154 Å². The molecule has 1 saturated heterocycles. The third-order valence-electron chi connectivity index (χ3n) is 8.64. The lowest BCUT2D eigenvalue weighted by Gasteiger charge is -2.47. The number of carbonyl (C=O) groups excluding carboxylic acids is 3. The summed E-state index contributed by atoms with van der Waals surface area (Å²) in [7, 11) is -4.34. The molecule has 1 fully saturated rings. The van der Waals surface area contributed by atoms with Gasteiger partial charge >= 0.3 is 19.5 Å². The summed E-state index contributed by atoms with van der Waals surface area (Å²) in [6, 6.07) is 27.8. The van der Waals surface area contributed by atoms with Crippen molar-refractivity contribution in [2.45, 2.75) is 98.7 Å². The van der Waals surface area contributed by atoms with Crippen molar-refractivity contribution in [3.63, 3.8) is 0 Å². The van der Waals surface area contributed by atoms with E-state index in [1.54, 1.807) is 41.5 Å². The van der Waals surface area contributed by atoms with E-state index in [4.69, 9.17) is 37.5 Å². The smallest absolute Gasteiger partial charge is 0.339 e. The van der Waals surface area contributed by atoms with Crippen molar-refractivity contribution in [2.24, 2.45) is 10.8 Å². The highest BCUT2D eigenvalue weighted by Gasteiger charge is 2.50. The fraction of sp³-hybridized carbons (Fsp3) is 0.500. The zero-order valence-corrected chi connectivity index (χ0v) is 34.2. The zero-order valence-electron chi connectivity index (χ0n) is 33.3. The summed E-state index contributed by atoms with van der Waals surface area (Å²) in [5.41, 5.74) is 0.969. The molecule has 0 spiro atoms. The number of carbonyl (C=O) groups is 3. The third-order valence-corrected chi connectivity index (χ3v) is 10.4. The van der Waals surface area contributed by atoms with Crippen LogP contribution in [0, 0.1) is 10.8 Å². The van der Waals surface area contributed by atoms with Crippen molar-refractivity contribution >= 4 is 25.4 Å². The van der Waals surface area contributed by atoms with Gasteiger partial charge in [0.1, 0.15) is 18.3 Å². The Kier molecular flexibility index (Phi) is 16.8. The molecule has 56 heavy (non-hydrogen) atoms. The van der Waals surface area contributed by atoms with Gasteiger partial charge in [-0.15, -0.1) is 0 Å². The van der Waals surface area contributed by atoms with Crippen LogP contribution < -0.4 is 5.32 Å². The summed E-state index contributed by atoms with van der Waals surface area (Å²) >= 11 is 0. The highest BCUT2D eigenvalue weighted by molar-refractivity contribution is 7.53. The Morgan fingerprint density at radius 3 is 1.50 bits per heavy atom. The Balaban J connectivity index is 1.70. The molecule has 4 rings (SSSR count). The van der Waals surface area contributed by atoms with E-state index in [1.165, 1.54) is 6.92 Å². The molecular formula is C42H56NO12P. The monoisotopic (exact) mass is 797 g/mol. The first-order valence-corrected chi connectivity index (χ1v) is 20.3. The number of hydrogen-bond donors (Lipinski definition) is 1. The molecule has 0 saturated carbocycles. The van der Waals surface area contributed by atoms with Gasteiger partial charge in [0.2, 0.25) is 19.5 Å². The number of esters is 2. The highest BCUT2D eigenvalue weighted by Crippen LogP contribution is 2.51. The second kappa shape index (κ2) is 21.0. The van der Waals surface area contributed by atoms with Crippen molar-refractivity contribution < 1.29 is 56.4 Å². The van der Waals surface area contributed by atoms with E-state index in [2.05, 4.69) is 5.32 Å². The predicted molar refractivity (Wildman–Crippen MR) is 208 cm³/mol. The Morgan fingerprint density at radius 1 is 0.643 bits per heavy atom. The van der Waals surface area contributed by atoms with E-state index >= 15 is 0 Å². The largest absolute Gasteiger partial charge is 0.438 e. The minimum Gasteiger partial charge on any atom is -0.438 e. The predicted octanol–water partition coefficient (Wildman–Crippen LogP) is 6.97. The number of ether oxygens (including phenoxy) is 6. The van der Waals surface area contributed by atoms with E-state index < -0.39 is 86.5 Å². The SMILES string of the molecule is CC(=O)N[C@@H]1[C@@H](OCc2ccccc2)[C@H](OCc2ccccc2)[C@@H](COCc2ccccc2)O[C@@H]1CP(=O)(OCOC(=O)C(C)(C)C)OCOC(=O)C(C)(C)C. The summed E-state index contributed by atoms with van der Waals surface area (Å²) in [6.07, 6.45) is -4.06. The molecule has 1 aliphatic rings. The van der Waals surface area contributed by atoms with Gasteiger partial charge in [-0.2, -0.15) is 0 Å². The number of nitrogens with one attached hydrogen (secondary N) is 1. The first kappa shape index (κ1) is 44.8. The van der Waals surface area contributed by atoms with Crippen molar-refractivity contribution in [3.8, 4) is 0 Å². The average Bonchev–Trinajstić information content (AvgIpc) is 3.15. The van der Waals surface area contributed by atoms with Crippen molar-refractivity contribution in [3.05, 3.63) is 108 Å². The summed E-state index contributed by atoms with van der Waals surface area (Å²) in [6.45, 7) is 10.5. The fourth-order valence-electron chi connectivity index (χ4n) is 5.63. The average molecular weight is 798 g/mol. The normalized spacial score (nSPS) is 20.2. The summed E-state index contributed by atoms with van der Waals surface area (Å²) in [5.74, 6) is -1.61. The van der Waals surface area contributed by atoms with Gasteiger partial charge in [-0.05, 0) is 58.2 Å². The summed E-state index contributed by atoms with van der Waals surface area (Å²) < 4.78 is 62.7. The van der Waals surface area contributed by atoms with Gasteiger partial charge in [0.25, 0.3) is 0 Å². The van der Waals surface area contributed by atoms with Crippen LogP contribution in [0.4, 0.5) is 0 Å². The summed E-state index contributed by atoms with van der Waals surface area (Å²) in [5, 5.41) is 2.95. The van der Waals surface area contributed by atoms with Crippen molar-refractivity contribution in [2.75, 3.05) is 26.4 Å². The molecule has 5 atom stereocenters. The molecule has 13 nitrogen and oxygen atoms in total. The van der Waals surface area contributed by atoms with Crippen LogP contribution in [0.5, 0.6) is 0 Å². The van der Waals surface area contributed by atoms with Crippen molar-refractivity contribution in [1.82, 2.24) is 5.32 Å². The van der Waals surface area contributed by atoms with Crippen LogP contribution in [0.25, 0.3) is 0 Å². The van der Waals surface area contributed by atoms with Crippen LogP contribution in [0.3, 0.4) is 0 Å². The molecular weight excluding hydrogens is 741 g/mol. The quantitative estimate of drug-likeness (QED) is 0.0758. The molecule has 1 heterocycles. The minimum absolute atomic E-state index is 0.0290. The van der Waals surface area contributed by atoms with Gasteiger partial charge in [-0.3, -0.25) is 28.0 Å². The van der Waals surface area contributed by atoms with E-state index in [-0.39, 0.29) is 26.4 Å². The molecule has 3 aromatic rings. The van der Waals surface area contributed by atoms with Gasteiger partial charge in [0, 0.05) is 6.92 Å². The molecule has 1 amide bonds. The second-order valence-corrected chi connectivity index (χ2v) is 17.7. The standard InChI is InChI=1S/C42H56NO12P/c1-30(44)43-36-35(27-56(47,53-28-51-39(45)41(2,3)4)54-29-52-40(46)42(5,6)7)55-34(26-48-23-31-17-11-8-12-18-31)37(49-24-32-19-13-9-14-20-32)38(36)50-25-33-21-15-10-16-22-33/h8-22,34-38H,23-29H2,1-7H3,(H,43,44)/t34-,35-,36+,37-,38-/m1/s1. The molecule has 0 unspecified atom stereocenters. The van der Waals surface area contributed by atoms with Crippen LogP contribution in [-0.2, 0) is 76.2 Å². The maximum atomic E-state index is 14.6. The van der Waals surface area contributed by atoms with E-state index in [1.807, 2.05) is 91.0 Å². The Bertz CT molecular complexity index is 1680. The lowest BCUT2D eigenvalue weighted by Crippen LogP contribution is -2.66. The van der Waals surface area contributed by atoms with Crippen LogP contribution >= 0.6 is 7.60 Å². The van der Waals surface area contributed by atoms with E-state index in [9.17, 15) is 18.9 Å². The van der Waals surface area contributed by atoms with Crippen LogP contribution in [0.1, 0.15) is 65.2 Å². The first-order valence-electron chi connectivity index (χ1n) is 18.6. The van der Waals surface area contributed by atoms with Crippen LogP contribution in [0.2, 0.25) is 0 Å². The minimum atomic E-state index is -4.34. The summed E-state index contributed by atoms with van der Waals surface area (Å²) in [4.78, 5) is 38.1. The number of benzene rings is 3. The molecule has 0 aromatic heterocycles. The molecule has 306 valence electrons. The van der Waals surface area contributed by atoms with Gasteiger partial charge in [-0.25, -0.2) is 0 Å². The second-order valence-electron chi connectivity index (χ2n) is 15.6. The first-order chi connectivity index (χ1) is 26.5.